The molecule has 2 amide bonds. The lowest BCUT2D eigenvalue weighted by atomic mass is 10.2. The second-order valence-electron chi connectivity index (χ2n) is 10.1. The largest absolute Gasteiger partial charge is 0.394 e. The molecule has 0 radical (unpaired) electrons. The van der Waals surface area contributed by atoms with Gasteiger partial charge in [-0.1, -0.05) is 0 Å². The minimum atomic E-state index is -0.361. The molecule has 3 aliphatic rings. The predicted molar refractivity (Wildman–Crippen MR) is 146 cm³/mol. The number of carbonyl (C=O) groups excluding carboxylic acids is 1. The molecule has 0 saturated carbocycles. The van der Waals surface area contributed by atoms with Gasteiger partial charge in [0.1, 0.15) is 0 Å². The van der Waals surface area contributed by atoms with Crippen LogP contribution in [-0.2, 0) is 4.74 Å². The van der Waals surface area contributed by atoms with Crippen LogP contribution in [0.5, 0.6) is 0 Å². The molecule has 2 unspecified atom stereocenters. The molecular formula is C27H32N8O4. The number of urea groups is 1. The number of morpholine rings is 1. The molecule has 5 heterocycles. The van der Waals surface area contributed by atoms with Crippen LogP contribution in [0.4, 0.5) is 28.1 Å². The number of pyridine rings is 1. The zero-order valence-electron chi connectivity index (χ0n) is 21.5. The third-order valence-corrected chi connectivity index (χ3v) is 7.69. The predicted octanol–water partition coefficient (Wildman–Crippen LogP) is 2.27. The van der Waals surface area contributed by atoms with Crippen LogP contribution in [0.3, 0.4) is 0 Å². The van der Waals surface area contributed by atoms with Crippen molar-refractivity contribution in [2.45, 2.75) is 49.9 Å². The number of rotatable bonds is 7. The molecular weight excluding hydrogens is 500 g/mol. The molecule has 2 aromatic heterocycles. The van der Waals surface area contributed by atoms with Crippen LogP contribution in [0.2, 0.25) is 0 Å². The number of aliphatic hydroxyl groups excluding tert-OH is 2. The first-order valence-corrected chi connectivity index (χ1v) is 13.3. The molecule has 12 nitrogen and oxygen atoms in total. The maximum atomic E-state index is 12.4. The molecule has 0 aliphatic carbocycles. The van der Waals surface area contributed by atoms with Crippen molar-refractivity contribution in [1.82, 2.24) is 19.9 Å². The summed E-state index contributed by atoms with van der Waals surface area (Å²) in [4.78, 5) is 35.1. The van der Waals surface area contributed by atoms with Gasteiger partial charge in [0.15, 0.2) is 5.82 Å². The van der Waals surface area contributed by atoms with Crippen LogP contribution in [0.25, 0.3) is 11.4 Å². The van der Waals surface area contributed by atoms with E-state index in [4.69, 9.17) is 19.7 Å². The molecule has 4 N–H and O–H groups in total. The van der Waals surface area contributed by atoms with Crippen LogP contribution in [0.15, 0.2) is 48.8 Å². The van der Waals surface area contributed by atoms with Crippen molar-refractivity contribution >= 4 is 29.3 Å². The summed E-state index contributed by atoms with van der Waals surface area (Å²) in [6.07, 6.45) is 6.76. The number of amides is 2. The van der Waals surface area contributed by atoms with E-state index in [-0.39, 0.29) is 43.4 Å². The summed E-state index contributed by atoms with van der Waals surface area (Å²) in [6, 6.07) is 10.4. The molecule has 3 fully saturated rings. The SMILES string of the molecule is O=C(Nc1ccncc1)Nc1ccc(-c2nc(N3C4CCC3COC4)nc(N3[C@H](CO)CC[C@@H]3CO)n2)cc1. The monoisotopic (exact) mass is 532 g/mol. The lowest BCUT2D eigenvalue weighted by Gasteiger charge is -2.36. The van der Waals surface area contributed by atoms with Crippen molar-refractivity contribution in [3.8, 4) is 11.4 Å². The highest BCUT2D eigenvalue weighted by molar-refractivity contribution is 5.99. The van der Waals surface area contributed by atoms with Gasteiger partial charge in [0.05, 0.1) is 50.6 Å². The third-order valence-electron chi connectivity index (χ3n) is 7.69. The van der Waals surface area contributed by atoms with Gasteiger partial charge in [0, 0.05) is 29.3 Å². The molecule has 39 heavy (non-hydrogen) atoms. The number of carbonyl (C=O) groups is 1. The average molecular weight is 533 g/mol. The molecule has 12 heteroatoms. The maximum Gasteiger partial charge on any atom is 0.323 e. The summed E-state index contributed by atoms with van der Waals surface area (Å²) in [5.74, 6) is 1.54. The van der Waals surface area contributed by atoms with Gasteiger partial charge >= 0.3 is 6.03 Å². The van der Waals surface area contributed by atoms with E-state index in [0.29, 0.717) is 42.3 Å². The number of aliphatic hydroxyl groups is 2. The fourth-order valence-corrected chi connectivity index (χ4v) is 5.75. The Bertz CT molecular complexity index is 1270. The molecule has 1 aromatic carbocycles. The van der Waals surface area contributed by atoms with E-state index in [2.05, 4.69) is 20.5 Å². The Kier molecular flexibility index (Phi) is 7.22. The van der Waals surface area contributed by atoms with Crippen LogP contribution in [0.1, 0.15) is 25.7 Å². The minimum Gasteiger partial charge on any atom is -0.394 e. The minimum absolute atomic E-state index is 0.0441. The van der Waals surface area contributed by atoms with E-state index in [9.17, 15) is 15.0 Å². The summed E-state index contributed by atoms with van der Waals surface area (Å²) >= 11 is 0. The third kappa shape index (κ3) is 5.22. The number of aromatic nitrogens is 4. The van der Waals surface area contributed by atoms with Gasteiger partial charge in [-0.15, -0.1) is 0 Å². The summed E-state index contributed by atoms with van der Waals surface area (Å²) in [5, 5.41) is 25.7. The summed E-state index contributed by atoms with van der Waals surface area (Å²) < 4.78 is 5.77. The number of ether oxygens (including phenoxy) is 1. The average Bonchev–Trinajstić information content (AvgIpc) is 3.50. The van der Waals surface area contributed by atoms with Gasteiger partial charge in [-0.05, 0) is 62.1 Å². The zero-order valence-corrected chi connectivity index (χ0v) is 21.5. The standard InChI is InChI=1S/C27H32N8O4/c36-13-20-5-6-21(14-37)34(20)25-31-24(32-26(33-25)35-22-7-8-23(35)16-39-15-22)17-1-3-18(4-2-17)29-27(38)30-19-9-11-28-12-10-19/h1-4,9-12,20-23,36-37H,5-8,13-16H2,(H2,28,29,30,38)/t20-,21+,22?,23?. The normalized spacial score (nSPS) is 24.2. The molecule has 204 valence electrons. The number of nitrogens with one attached hydrogen (secondary N) is 2. The van der Waals surface area contributed by atoms with Gasteiger partial charge in [0.25, 0.3) is 0 Å². The van der Waals surface area contributed by atoms with Crippen molar-refractivity contribution in [2.24, 2.45) is 0 Å². The van der Waals surface area contributed by atoms with Gasteiger partial charge in [-0.25, -0.2) is 4.79 Å². The fraction of sp³-hybridized carbons (Fsp3) is 0.444. The Morgan fingerprint density at radius 3 is 1.95 bits per heavy atom. The Hall–Kier alpha value is -3.87. The van der Waals surface area contributed by atoms with Gasteiger partial charge in [-0.3, -0.25) is 4.98 Å². The van der Waals surface area contributed by atoms with Gasteiger partial charge in [0.2, 0.25) is 11.9 Å². The van der Waals surface area contributed by atoms with E-state index in [0.717, 1.165) is 31.2 Å². The first-order valence-electron chi connectivity index (χ1n) is 13.3. The quantitative estimate of drug-likeness (QED) is 0.357. The number of hydrogen-bond donors (Lipinski definition) is 4. The van der Waals surface area contributed by atoms with Crippen molar-refractivity contribution in [3.63, 3.8) is 0 Å². The maximum absolute atomic E-state index is 12.4. The van der Waals surface area contributed by atoms with Crippen LogP contribution in [0, 0.1) is 0 Å². The second-order valence-corrected chi connectivity index (χ2v) is 10.1. The van der Waals surface area contributed by atoms with Crippen molar-refractivity contribution < 1.29 is 19.7 Å². The smallest absolute Gasteiger partial charge is 0.323 e. The molecule has 3 saturated heterocycles. The van der Waals surface area contributed by atoms with Crippen molar-refractivity contribution in [1.29, 1.82) is 0 Å². The number of fused-ring (bicyclic) bond motifs is 2. The van der Waals surface area contributed by atoms with Crippen LogP contribution >= 0.6 is 0 Å². The Labute approximate surface area is 226 Å². The van der Waals surface area contributed by atoms with E-state index in [1.54, 1.807) is 36.7 Å². The second kappa shape index (κ2) is 11.1. The topological polar surface area (TPSA) is 149 Å². The molecule has 4 atom stereocenters. The summed E-state index contributed by atoms with van der Waals surface area (Å²) in [5.41, 5.74) is 2.03. The Morgan fingerprint density at radius 1 is 0.795 bits per heavy atom. The summed E-state index contributed by atoms with van der Waals surface area (Å²) in [7, 11) is 0. The van der Waals surface area contributed by atoms with Gasteiger partial charge < -0.3 is 35.4 Å². The first-order chi connectivity index (χ1) is 19.1. The zero-order chi connectivity index (χ0) is 26.8. The van der Waals surface area contributed by atoms with E-state index in [1.807, 2.05) is 17.0 Å². The molecule has 2 bridgehead atoms. The number of hydrogen-bond acceptors (Lipinski definition) is 10. The van der Waals surface area contributed by atoms with Gasteiger partial charge in [-0.2, -0.15) is 15.0 Å². The Morgan fingerprint density at radius 2 is 1.36 bits per heavy atom. The highest BCUT2D eigenvalue weighted by atomic mass is 16.5. The summed E-state index contributed by atoms with van der Waals surface area (Å²) in [6.45, 7) is 1.18. The van der Waals surface area contributed by atoms with E-state index in [1.165, 1.54) is 0 Å². The lowest BCUT2D eigenvalue weighted by Crippen LogP contribution is -2.47. The molecule has 0 spiro atoms. The number of nitrogens with zero attached hydrogens (tertiary/aromatic N) is 6. The number of anilines is 4. The van der Waals surface area contributed by atoms with E-state index >= 15 is 0 Å². The highest BCUT2D eigenvalue weighted by Gasteiger charge is 2.41. The van der Waals surface area contributed by atoms with Crippen molar-refractivity contribution in [2.75, 3.05) is 46.9 Å². The highest BCUT2D eigenvalue weighted by Crippen LogP contribution is 2.35. The number of benzene rings is 1. The van der Waals surface area contributed by atoms with E-state index < -0.39 is 0 Å². The fourth-order valence-electron chi connectivity index (χ4n) is 5.75. The van der Waals surface area contributed by atoms with Crippen molar-refractivity contribution in [3.05, 3.63) is 48.8 Å². The molecule has 6 rings (SSSR count). The molecule has 3 aromatic rings. The van der Waals surface area contributed by atoms with Crippen LogP contribution in [-0.4, -0.2) is 86.8 Å². The van der Waals surface area contributed by atoms with Crippen LogP contribution < -0.4 is 20.4 Å². The lowest BCUT2D eigenvalue weighted by molar-refractivity contribution is 0.0897. The first kappa shape index (κ1) is 25.4. The molecule has 3 aliphatic heterocycles. The Balaban J connectivity index is 1.30.